The number of nitrogens with two attached hydrogens (primary N) is 1. The number of benzene rings is 1. The number of rotatable bonds is 5. The zero-order valence-electron chi connectivity index (χ0n) is 12.7. The number of carbonyl (C=O) groups is 2. The van der Waals surface area contributed by atoms with Crippen molar-refractivity contribution in [2.75, 3.05) is 20.0 Å². The molecule has 0 atom stereocenters. The second-order valence-electron chi connectivity index (χ2n) is 4.50. The lowest BCUT2D eigenvalue weighted by molar-refractivity contribution is 0.0601. The summed E-state index contributed by atoms with van der Waals surface area (Å²) in [5.74, 6) is -2.72. The van der Waals surface area contributed by atoms with Crippen LogP contribution < -0.4 is 5.73 Å². The number of ether oxygens (including phenoxy) is 2. The van der Waals surface area contributed by atoms with Gasteiger partial charge in [-0.25, -0.2) is 18.4 Å². The van der Waals surface area contributed by atoms with Gasteiger partial charge in [-0.3, -0.25) is 0 Å². The molecular formula is C15H13F2NO4S2. The Morgan fingerprint density at radius 2 is 1.88 bits per heavy atom. The van der Waals surface area contributed by atoms with Crippen molar-refractivity contribution in [3.63, 3.8) is 0 Å². The molecule has 0 unspecified atom stereocenters. The van der Waals surface area contributed by atoms with Gasteiger partial charge in [0.2, 0.25) is 0 Å². The molecule has 0 radical (unpaired) electrons. The van der Waals surface area contributed by atoms with Gasteiger partial charge in [-0.2, -0.15) is 0 Å². The molecule has 0 fully saturated rings. The second-order valence-corrected chi connectivity index (χ2v) is 6.56. The van der Waals surface area contributed by atoms with Gasteiger partial charge in [-0.1, -0.05) is 0 Å². The normalized spacial score (nSPS) is 10.5. The Morgan fingerprint density at radius 1 is 1.21 bits per heavy atom. The molecular weight excluding hydrogens is 360 g/mol. The van der Waals surface area contributed by atoms with E-state index in [9.17, 15) is 18.4 Å². The van der Waals surface area contributed by atoms with Gasteiger partial charge in [0.25, 0.3) is 0 Å². The summed E-state index contributed by atoms with van der Waals surface area (Å²) < 4.78 is 36.1. The van der Waals surface area contributed by atoms with Crippen molar-refractivity contribution in [2.45, 2.75) is 10.6 Å². The fraction of sp³-hybridized carbons (Fsp3) is 0.200. The minimum absolute atomic E-state index is 0.0536. The molecule has 0 amide bonds. The molecule has 0 aliphatic carbocycles. The smallest absolute Gasteiger partial charge is 0.348 e. The zero-order chi connectivity index (χ0) is 17.9. The molecule has 2 N–H and O–H groups in total. The molecule has 9 heteroatoms. The number of hydrogen-bond donors (Lipinski definition) is 1. The summed E-state index contributed by atoms with van der Waals surface area (Å²) in [5, 5.41) is 0.109. The van der Waals surface area contributed by atoms with Crippen LogP contribution in [0.25, 0.3) is 0 Å². The minimum Gasteiger partial charge on any atom is -0.465 e. The van der Waals surface area contributed by atoms with E-state index in [4.69, 9.17) is 5.73 Å². The third-order valence-electron chi connectivity index (χ3n) is 3.06. The standard InChI is InChI=1S/C15H13F2NO4S2/c1-21-14(19)11-8(12(15(20)22-2)24-13(11)18)6-23-10-4-3-7(16)5-9(10)17/h3-5H,6,18H2,1-2H3. The van der Waals surface area contributed by atoms with Gasteiger partial charge in [-0.05, 0) is 12.1 Å². The van der Waals surface area contributed by atoms with Crippen LogP contribution in [0.4, 0.5) is 13.8 Å². The van der Waals surface area contributed by atoms with Crippen LogP contribution in [0.1, 0.15) is 25.6 Å². The van der Waals surface area contributed by atoms with E-state index >= 15 is 0 Å². The highest BCUT2D eigenvalue weighted by atomic mass is 32.2. The molecule has 0 spiro atoms. The highest BCUT2D eigenvalue weighted by molar-refractivity contribution is 7.98. The van der Waals surface area contributed by atoms with Crippen molar-refractivity contribution >= 4 is 40.0 Å². The predicted octanol–water partition coefficient (Wildman–Crippen LogP) is 3.47. The van der Waals surface area contributed by atoms with E-state index in [0.29, 0.717) is 5.56 Å². The van der Waals surface area contributed by atoms with Crippen LogP contribution in [0.2, 0.25) is 0 Å². The Hall–Kier alpha value is -2.13. The summed E-state index contributed by atoms with van der Waals surface area (Å²) in [5.41, 5.74) is 6.16. The quantitative estimate of drug-likeness (QED) is 0.639. The average molecular weight is 373 g/mol. The molecule has 24 heavy (non-hydrogen) atoms. The summed E-state index contributed by atoms with van der Waals surface area (Å²) in [4.78, 5) is 24.1. The molecule has 0 aliphatic heterocycles. The lowest BCUT2D eigenvalue weighted by Crippen LogP contribution is -2.08. The van der Waals surface area contributed by atoms with Crippen molar-refractivity contribution in [3.05, 3.63) is 45.8 Å². The summed E-state index contributed by atoms with van der Waals surface area (Å²) in [6, 6.07) is 3.16. The molecule has 2 rings (SSSR count). The van der Waals surface area contributed by atoms with Crippen LogP contribution in [0.3, 0.4) is 0 Å². The molecule has 1 aromatic carbocycles. The van der Waals surface area contributed by atoms with Gasteiger partial charge in [0.1, 0.15) is 21.5 Å². The number of methoxy groups -OCH3 is 2. The van der Waals surface area contributed by atoms with Crippen molar-refractivity contribution < 1.29 is 27.8 Å². The second kappa shape index (κ2) is 7.63. The first-order chi connectivity index (χ1) is 11.4. The van der Waals surface area contributed by atoms with Crippen molar-refractivity contribution in [3.8, 4) is 0 Å². The Balaban J connectivity index is 2.39. The number of nitrogen functional groups attached to an aromatic ring is 1. The SMILES string of the molecule is COC(=O)c1sc(N)c(C(=O)OC)c1CSc1ccc(F)cc1F. The Morgan fingerprint density at radius 3 is 2.46 bits per heavy atom. The van der Waals surface area contributed by atoms with Crippen LogP contribution in [-0.2, 0) is 15.2 Å². The molecule has 0 saturated carbocycles. The first kappa shape index (κ1) is 18.2. The number of halogens is 2. The molecule has 128 valence electrons. The maximum absolute atomic E-state index is 13.7. The molecule has 2 aromatic rings. The number of thiophene rings is 1. The predicted molar refractivity (Wildman–Crippen MR) is 87.3 cm³/mol. The Labute approximate surface area is 144 Å². The summed E-state index contributed by atoms with van der Waals surface area (Å²) in [6.45, 7) is 0. The number of thioether (sulfide) groups is 1. The van der Waals surface area contributed by atoms with Crippen LogP contribution >= 0.6 is 23.1 Å². The summed E-state index contributed by atoms with van der Waals surface area (Å²) in [7, 11) is 2.39. The molecule has 0 bridgehead atoms. The maximum Gasteiger partial charge on any atom is 0.348 e. The minimum atomic E-state index is -0.734. The third-order valence-corrected chi connectivity index (χ3v) is 5.18. The Bertz CT molecular complexity index is 792. The van der Waals surface area contributed by atoms with E-state index in [-0.39, 0.29) is 26.1 Å². The summed E-state index contributed by atoms with van der Waals surface area (Å²) in [6.07, 6.45) is 0. The van der Waals surface area contributed by atoms with Gasteiger partial charge in [-0.15, -0.1) is 23.1 Å². The first-order valence-electron chi connectivity index (χ1n) is 6.54. The molecule has 1 aromatic heterocycles. The zero-order valence-corrected chi connectivity index (χ0v) is 14.4. The maximum atomic E-state index is 13.7. The molecule has 5 nitrogen and oxygen atoms in total. The highest BCUT2D eigenvalue weighted by Crippen LogP contribution is 2.37. The van der Waals surface area contributed by atoms with Crippen LogP contribution in [0, 0.1) is 11.6 Å². The molecule has 0 saturated heterocycles. The van der Waals surface area contributed by atoms with Crippen molar-refractivity contribution in [1.29, 1.82) is 0 Å². The Kier molecular flexibility index (Phi) is 5.79. The van der Waals surface area contributed by atoms with E-state index in [1.807, 2.05) is 0 Å². The number of esters is 2. The van der Waals surface area contributed by atoms with E-state index < -0.39 is 23.6 Å². The van der Waals surface area contributed by atoms with E-state index in [1.54, 1.807) is 0 Å². The van der Waals surface area contributed by atoms with Crippen LogP contribution in [0.15, 0.2) is 23.1 Å². The van der Waals surface area contributed by atoms with E-state index in [1.165, 1.54) is 20.3 Å². The number of anilines is 1. The van der Waals surface area contributed by atoms with Gasteiger partial charge in [0.05, 0.1) is 19.8 Å². The summed E-state index contributed by atoms with van der Waals surface area (Å²) >= 11 is 1.89. The number of carbonyl (C=O) groups excluding carboxylic acids is 2. The lowest BCUT2D eigenvalue weighted by Gasteiger charge is -2.07. The molecule has 0 aliphatic rings. The van der Waals surface area contributed by atoms with Crippen molar-refractivity contribution in [2.24, 2.45) is 0 Å². The van der Waals surface area contributed by atoms with Crippen molar-refractivity contribution in [1.82, 2.24) is 0 Å². The number of hydrogen-bond acceptors (Lipinski definition) is 7. The fourth-order valence-corrected chi connectivity index (χ4v) is 3.98. The highest BCUT2D eigenvalue weighted by Gasteiger charge is 2.27. The topological polar surface area (TPSA) is 78.6 Å². The average Bonchev–Trinajstić information content (AvgIpc) is 2.89. The van der Waals surface area contributed by atoms with Gasteiger partial charge >= 0.3 is 11.9 Å². The van der Waals surface area contributed by atoms with Crippen LogP contribution in [-0.4, -0.2) is 26.2 Å². The largest absolute Gasteiger partial charge is 0.465 e. The first-order valence-corrected chi connectivity index (χ1v) is 8.34. The lowest BCUT2D eigenvalue weighted by atomic mass is 10.1. The van der Waals surface area contributed by atoms with Gasteiger partial charge in [0, 0.05) is 22.3 Å². The van der Waals surface area contributed by atoms with E-state index in [0.717, 1.165) is 35.2 Å². The monoisotopic (exact) mass is 373 g/mol. The van der Waals surface area contributed by atoms with E-state index in [2.05, 4.69) is 9.47 Å². The van der Waals surface area contributed by atoms with Gasteiger partial charge < -0.3 is 15.2 Å². The fourth-order valence-electron chi connectivity index (χ4n) is 1.95. The van der Waals surface area contributed by atoms with Gasteiger partial charge in [0.15, 0.2) is 0 Å². The van der Waals surface area contributed by atoms with Crippen LogP contribution in [0.5, 0.6) is 0 Å². The third kappa shape index (κ3) is 3.68. The molecule has 1 heterocycles.